The van der Waals surface area contributed by atoms with E-state index in [-0.39, 0.29) is 40.1 Å². The van der Waals surface area contributed by atoms with Gasteiger partial charge in [0.05, 0.1) is 36.6 Å². The fourth-order valence-corrected chi connectivity index (χ4v) is 5.24. The molecular formula is C33H33F3N3NiO5-. The van der Waals surface area contributed by atoms with Crippen molar-refractivity contribution >= 4 is 29.2 Å². The first kappa shape index (κ1) is 35.5. The summed E-state index contributed by atoms with van der Waals surface area (Å²) in [5, 5.41) is 14.4. The molecule has 242 valence electrons. The molecule has 3 aromatic rings. The molecule has 3 atom stereocenters. The van der Waals surface area contributed by atoms with Crippen molar-refractivity contribution in [2.45, 2.75) is 51.0 Å². The summed E-state index contributed by atoms with van der Waals surface area (Å²) < 4.78 is 47.3. The number of hydrogen-bond donors (Lipinski definition) is 1. The first-order valence-corrected chi connectivity index (χ1v) is 14.3. The van der Waals surface area contributed by atoms with Crippen molar-refractivity contribution in [1.29, 1.82) is 0 Å². The van der Waals surface area contributed by atoms with E-state index in [1.54, 1.807) is 42.5 Å². The van der Waals surface area contributed by atoms with Crippen LogP contribution >= 0.6 is 0 Å². The summed E-state index contributed by atoms with van der Waals surface area (Å²) >= 11 is 0. The van der Waals surface area contributed by atoms with Crippen LogP contribution < -0.4 is 0 Å². The molecule has 3 aromatic carbocycles. The normalized spacial score (nSPS) is 16.7. The van der Waals surface area contributed by atoms with Crippen LogP contribution in [0.4, 0.5) is 18.9 Å². The minimum atomic E-state index is -5.08. The molecule has 45 heavy (non-hydrogen) atoms. The average Bonchev–Trinajstić information content (AvgIpc) is 3.46. The predicted octanol–water partition coefficient (Wildman–Crippen LogP) is 6.30. The molecule has 1 N–H and O–H groups in total. The second kappa shape index (κ2) is 16.3. The van der Waals surface area contributed by atoms with Crippen LogP contribution in [0.2, 0.25) is 0 Å². The molecule has 0 saturated carbocycles. The number of likely N-dealkylation sites (tertiary alicyclic amines) is 1. The Labute approximate surface area is 269 Å². The average molecular weight is 667 g/mol. The van der Waals surface area contributed by atoms with Crippen LogP contribution in [-0.4, -0.2) is 65.0 Å². The number of alkyl halides is 3. The summed E-state index contributed by atoms with van der Waals surface area (Å²) in [5.41, 5.74) is 1.59. The molecule has 12 heteroatoms. The third-order valence-corrected chi connectivity index (χ3v) is 7.33. The number of amides is 1. The molecule has 1 aliphatic heterocycles. The molecule has 0 spiro atoms. The first-order chi connectivity index (χ1) is 21.1. The van der Waals surface area contributed by atoms with Crippen LogP contribution in [0.5, 0.6) is 0 Å². The van der Waals surface area contributed by atoms with Crippen LogP contribution in [0.1, 0.15) is 42.9 Å². The number of carboxylic acid groups (broad SMARTS) is 1. The quantitative estimate of drug-likeness (QED) is 0.138. The second-order valence-corrected chi connectivity index (χ2v) is 10.4. The van der Waals surface area contributed by atoms with E-state index in [1.807, 2.05) is 35.2 Å². The maximum absolute atomic E-state index is 14.2. The number of benzene rings is 3. The van der Waals surface area contributed by atoms with E-state index in [4.69, 9.17) is 4.74 Å². The molecule has 8 nitrogen and oxygen atoms in total. The molecule has 0 bridgehead atoms. The van der Waals surface area contributed by atoms with Crippen LogP contribution in [0, 0.1) is 5.92 Å². The van der Waals surface area contributed by atoms with Crippen LogP contribution in [0.15, 0.2) is 89.9 Å². The maximum Gasteiger partial charge on any atom is 0.395 e. The summed E-state index contributed by atoms with van der Waals surface area (Å²) in [6.07, 6.45) is -4.90. The Hall–Kier alpha value is -4.02. The fourth-order valence-electron chi connectivity index (χ4n) is 5.24. The monoisotopic (exact) mass is 666 g/mol. The summed E-state index contributed by atoms with van der Waals surface area (Å²) in [5.74, 6) is -6.12. The summed E-state index contributed by atoms with van der Waals surface area (Å²) in [4.78, 5) is 44.1. The Morgan fingerprint density at radius 3 is 2.24 bits per heavy atom. The van der Waals surface area contributed by atoms with Gasteiger partial charge in [0.25, 0.3) is 0 Å². The Morgan fingerprint density at radius 2 is 1.62 bits per heavy atom. The van der Waals surface area contributed by atoms with Gasteiger partial charge in [-0.2, -0.15) is 13.2 Å². The van der Waals surface area contributed by atoms with Crippen molar-refractivity contribution in [2.75, 3.05) is 13.2 Å². The third kappa shape index (κ3) is 9.49. The molecule has 4 rings (SSSR count). The smallest absolute Gasteiger partial charge is 0.395 e. The number of esters is 1. The molecular weight excluding hydrogens is 634 g/mol. The van der Waals surface area contributed by atoms with Gasteiger partial charge >= 0.3 is 18.1 Å². The number of nitrogens with zero attached hydrogens (tertiary/aromatic N) is 3. The number of halogens is 3. The number of ether oxygens (including phenoxy) is 1. The van der Waals surface area contributed by atoms with E-state index < -0.39 is 48.4 Å². The van der Waals surface area contributed by atoms with E-state index >= 15 is 0 Å². The van der Waals surface area contributed by atoms with Gasteiger partial charge in [-0.25, -0.2) is 4.79 Å². The summed E-state index contributed by atoms with van der Waals surface area (Å²) in [6.45, 7) is 2.55. The molecule has 0 aliphatic carbocycles. The van der Waals surface area contributed by atoms with Gasteiger partial charge < -0.3 is 20.0 Å². The summed E-state index contributed by atoms with van der Waals surface area (Å²) in [6, 6.07) is 21.2. The number of rotatable bonds is 12. The van der Waals surface area contributed by atoms with Gasteiger partial charge in [0.2, 0.25) is 0 Å². The molecule has 1 aliphatic rings. The molecule has 1 heterocycles. The third-order valence-electron chi connectivity index (χ3n) is 7.33. The molecule has 1 amide bonds. The van der Waals surface area contributed by atoms with Gasteiger partial charge in [-0.1, -0.05) is 84.9 Å². The Kier molecular flexibility index (Phi) is 12.9. The zero-order chi connectivity index (χ0) is 31.7. The number of aliphatic imine (C=N–C) groups is 1. The number of para-hydroxylation sites is 1. The van der Waals surface area contributed by atoms with E-state index in [0.717, 1.165) is 12.0 Å². The SMILES string of the molecule is CCOC(=O)C[C@H]([C@H](N=C(c1ccccc1)c1ccccc1[N-]C(=O)[C@@H]1CCCN1Cc1ccccc1)C(=O)O)C(F)(F)F.[Ni]. The first-order valence-electron chi connectivity index (χ1n) is 14.3. The van der Waals surface area contributed by atoms with Crippen molar-refractivity contribution in [3.63, 3.8) is 0 Å². The minimum absolute atomic E-state index is 0. The zero-order valence-electron chi connectivity index (χ0n) is 24.4. The predicted molar refractivity (Wildman–Crippen MR) is 159 cm³/mol. The van der Waals surface area contributed by atoms with Crippen molar-refractivity contribution in [3.8, 4) is 0 Å². The van der Waals surface area contributed by atoms with Gasteiger partial charge in [-0.3, -0.25) is 14.7 Å². The number of carbonyl (C=O) groups excluding carboxylic acids is 2. The van der Waals surface area contributed by atoms with Crippen LogP contribution in [0.25, 0.3) is 5.32 Å². The minimum Gasteiger partial charge on any atom is -0.625 e. The zero-order valence-corrected chi connectivity index (χ0v) is 25.4. The Bertz CT molecular complexity index is 1470. The van der Waals surface area contributed by atoms with E-state index in [1.165, 1.54) is 19.1 Å². The number of hydrogen-bond acceptors (Lipinski definition) is 6. The number of aliphatic carboxylic acids is 1. The van der Waals surface area contributed by atoms with Crippen molar-refractivity contribution in [1.82, 2.24) is 4.90 Å². The van der Waals surface area contributed by atoms with E-state index in [2.05, 4.69) is 10.3 Å². The molecule has 0 aromatic heterocycles. The van der Waals surface area contributed by atoms with Crippen LogP contribution in [-0.2, 0) is 42.2 Å². The van der Waals surface area contributed by atoms with Crippen molar-refractivity contribution < 1.29 is 53.9 Å². The van der Waals surface area contributed by atoms with E-state index in [9.17, 15) is 32.7 Å². The molecule has 0 radical (unpaired) electrons. The van der Waals surface area contributed by atoms with Crippen LogP contribution in [0.3, 0.4) is 0 Å². The summed E-state index contributed by atoms with van der Waals surface area (Å²) in [7, 11) is 0. The maximum atomic E-state index is 14.2. The van der Waals surface area contributed by atoms with Gasteiger partial charge in [0.1, 0.15) is 0 Å². The molecule has 1 fully saturated rings. The van der Waals surface area contributed by atoms with E-state index in [0.29, 0.717) is 25.1 Å². The topological polar surface area (TPSA) is 110 Å². The van der Waals surface area contributed by atoms with Crippen molar-refractivity contribution in [3.05, 3.63) is 107 Å². The second-order valence-electron chi connectivity index (χ2n) is 10.4. The molecule has 0 unspecified atom stereocenters. The fraction of sp³-hybridized carbons (Fsp3) is 0.333. The van der Waals surface area contributed by atoms with Gasteiger partial charge in [-0.05, 0) is 37.4 Å². The molecule has 1 saturated heterocycles. The Balaban J connectivity index is 0.00000552. The Morgan fingerprint density at radius 1 is 1.00 bits per heavy atom. The van der Waals surface area contributed by atoms with Gasteiger partial charge in [0.15, 0.2) is 6.04 Å². The largest absolute Gasteiger partial charge is 0.625 e. The number of carbonyl (C=O) groups is 3. The van der Waals surface area contributed by atoms with Gasteiger partial charge in [-0.15, -0.1) is 5.69 Å². The van der Waals surface area contributed by atoms with Gasteiger partial charge in [0, 0.05) is 28.6 Å². The van der Waals surface area contributed by atoms with Crippen molar-refractivity contribution in [2.24, 2.45) is 10.9 Å². The standard InChI is InChI=1S/C33H34F3N3O5.Ni/c1-2-44-28(40)20-25(33(34,35)36)30(32(42)43)38-29(23-14-7-4-8-15-23)24-16-9-10-17-26(24)37-31(41)27-18-11-19-39(27)21-22-12-5-3-6-13-22;/h3-10,12-17,25,27,30H,2,11,18-21H2,1H3,(H2,37,38,41,42,43);/p-1/t25-,27+,30+;/m1./s1. The number of carboxylic acids is 1.